The van der Waals surface area contributed by atoms with Crippen LogP contribution < -0.4 is 14.9 Å². The molecule has 0 bridgehead atoms. The van der Waals surface area contributed by atoms with Crippen LogP contribution in [0.25, 0.3) is 0 Å². The van der Waals surface area contributed by atoms with Crippen LogP contribution in [0.4, 0.5) is 8.78 Å². The molecule has 0 aliphatic heterocycles. The van der Waals surface area contributed by atoms with E-state index >= 15 is 0 Å². The summed E-state index contributed by atoms with van der Waals surface area (Å²) in [6.45, 7) is 3.09. The highest BCUT2D eigenvalue weighted by Gasteiger charge is 2.10. The summed E-state index contributed by atoms with van der Waals surface area (Å²) >= 11 is 0. The van der Waals surface area contributed by atoms with Gasteiger partial charge in [0.05, 0.1) is 6.21 Å². The summed E-state index contributed by atoms with van der Waals surface area (Å²) in [7, 11) is 0. The second-order valence-corrected chi connectivity index (χ2v) is 6.23. The lowest BCUT2D eigenvalue weighted by Gasteiger charge is -2.14. The molecule has 144 valence electrons. The van der Waals surface area contributed by atoms with Crippen LogP contribution in [-0.4, -0.2) is 25.3 Å². The maximum absolute atomic E-state index is 12.1. The van der Waals surface area contributed by atoms with E-state index in [9.17, 15) is 13.6 Å². The lowest BCUT2D eigenvalue weighted by atomic mass is 10.00. The van der Waals surface area contributed by atoms with Gasteiger partial charge in [0.15, 0.2) is 6.61 Å². The third-order valence-corrected chi connectivity index (χ3v) is 3.65. The molecular formula is C20H22F2N2O3. The van der Waals surface area contributed by atoms with Crippen molar-refractivity contribution in [2.24, 2.45) is 5.10 Å². The molecular weight excluding hydrogens is 354 g/mol. The first kappa shape index (κ1) is 20.4. The molecule has 0 aliphatic rings. The number of nitrogens with zero attached hydrogens (tertiary/aromatic N) is 1. The summed E-state index contributed by atoms with van der Waals surface area (Å²) in [6, 6.07) is 11.7. The Hall–Kier alpha value is -2.96. The summed E-state index contributed by atoms with van der Waals surface area (Å²) in [5.41, 5.74) is 5.16. The molecule has 0 radical (unpaired) electrons. The summed E-state index contributed by atoms with van der Waals surface area (Å²) in [4.78, 5) is 11.9. The summed E-state index contributed by atoms with van der Waals surface area (Å²) < 4.78 is 34.0. The van der Waals surface area contributed by atoms with Crippen LogP contribution in [0.5, 0.6) is 11.5 Å². The van der Waals surface area contributed by atoms with E-state index in [1.165, 1.54) is 18.3 Å². The molecule has 0 saturated carbocycles. The molecule has 0 atom stereocenters. The highest BCUT2D eigenvalue weighted by Crippen LogP contribution is 2.27. The molecule has 7 heteroatoms. The topological polar surface area (TPSA) is 59.9 Å². The van der Waals surface area contributed by atoms with Crippen LogP contribution in [0.15, 0.2) is 47.6 Å². The Balaban J connectivity index is 1.85. The van der Waals surface area contributed by atoms with E-state index in [-0.39, 0.29) is 18.3 Å². The monoisotopic (exact) mass is 376 g/mol. The zero-order chi connectivity index (χ0) is 19.8. The van der Waals surface area contributed by atoms with Gasteiger partial charge in [0.2, 0.25) is 0 Å². The maximum Gasteiger partial charge on any atom is 0.387 e. The fourth-order valence-corrected chi connectivity index (χ4v) is 2.34. The number of hydrogen-bond acceptors (Lipinski definition) is 4. The first-order chi connectivity index (χ1) is 12.8. The van der Waals surface area contributed by atoms with Gasteiger partial charge >= 0.3 is 6.61 Å². The Bertz CT molecular complexity index is 790. The van der Waals surface area contributed by atoms with E-state index in [0.29, 0.717) is 11.3 Å². The van der Waals surface area contributed by atoms with E-state index in [2.05, 4.69) is 29.1 Å². The highest BCUT2D eigenvalue weighted by molar-refractivity contribution is 5.83. The minimum atomic E-state index is -2.87. The number of aryl methyl sites for hydroxylation is 1. The lowest BCUT2D eigenvalue weighted by molar-refractivity contribution is -0.123. The zero-order valence-corrected chi connectivity index (χ0v) is 15.4. The Morgan fingerprint density at radius 1 is 1.19 bits per heavy atom. The molecule has 5 nitrogen and oxygen atoms in total. The lowest BCUT2D eigenvalue weighted by Crippen LogP contribution is -2.24. The van der Waals surface area contributed by atoms with Gasteiger partial charge in [-0.2, -0.15) is 13.9 Å². The van der Waals surface area contributed by atoms with Crippen molar-refractivity contribution in [1.82, 2.24) is 5.43 Å². The fourth-order valence-electron chi connectivity index (χ4n) is 2.34. The molecule has 0 heterocycles. The van der Waals surface area contributed by atoms with Crippen molar-refractivity contribution in [2.75, 3.05) is 6.61 Å². The van der Waals surface area contributed by atoms with Gasteiger partial charge in [-0.15, -0.1) is 0 Å². The molecule has 0 spiro atoms. The molecule has 2 aromatic rings. The predicted octanol–water partition coefficient (Wildman–Crippen LogP) is 4.25. The van der Waals surface area contributed by atoms with E-state index in [0.717, 1.165) is 11.1 Å². The number of amides is 1. The molecule has 27 heavy (non-hydrogen) atoms. The van der Waals surface area contributed by atoms with Crippen molar-refractivity contribution in [1.29, 1.82) is 0 Å². The van der Waals surface area contributed by atoms with Gasteiger partial charge < -0.3 is 9.47 Å². The summed E-state index contributed by atoms with van der Waals surface area (Å²) in [5.74, 6) is 0.597. The highest BCUT2D eigenvalue weighted by atomic mass is 19.3. The van der Waals surface area contributed by atoms with Crippen LogP contribution in [0.2, 0.25) is 0 Å². The summed E-state index contributed by atoms with van der Waals surface area (Å²) in [5, 5.41) is 3.82. The first-order valence-electron chi connectivity index (χ1n) is 8.45. The van der Waals surface area contributed by atoms with E-state index in [1.807, 2.05) is 25.1 Å². The molecule has 2 aromatic carbocycles. The quantitative estimate of drug-likeness (QED) is 0.553. The standard InChI is InChI=1S/C20H22F2N2O3/c1-13(2)17-10-14(3)4-9-18(17)26-12-19(25)24-23-11-15-5-7-16(8-6-15)27-20(21)22/h4-11,13,20H,12H2,1-3H3,(H,24,25). The molecule has 0 aliphatic carbocycles. The molecule has 1 amide bonds. The van der Waals surface area contributed by atoms with Gasteiger partial charge in [-0.05, 0) is 54.3 Å². The SMILES string of the molecule is Cc1ccc(OCC(=O)NN=Cc2ccc(OC(F)F)cc2)c(C(C)C)c1. The number of hydrazone groups is 1. The van der Waals surface area contributed by atoms with Crippen LogP contribution in [0.3, 0.4) is 0 Å². The average molecular weight is 376 g/mol. The van der Waals surface area contributed by atoms with Crippen LogP contribution in [0.1, 0.15) is 36.5 Å². The third-order valence-electron chi connectivity index (χ3n) is 3.65. The number of carbonyl (C=O) groups is 1. The summed E-state index contributed by atoms with van der Waals surface area (Å²) in [6.07, 6.45) is 1.40. The maximum atomic E-state index is 12.1. The predicted molar refractivity (Wildman–Crippen MR) is 99.6 cm³/mol. The normalized spacial score (nSPS) is 11.2. The van der Waals surface area contributed by atoms with Gasteiger partial charge in [-0.3, -0.25) is 4.79 Å². The van der Waals surface area contributed by atoms with Crippen molar-refractivity contribution in [3.8, 4) is 11.5 Å². The second kappa shape index (κ2) is 9.66. The van der Waals surface area contributed by atoms with E-state index in [1.54, 1.807) is 12.1 Å². The van der Waals surface area contributed by atoms with Crippen LogP contribution in [-0.2, 0) is 4.79 Å². The Labute approximate surface area is 157 Å². The molecule has 1 N–H and O–H groups in total. The van der Waals surface area contributed by atoms with Gasteiger partial charge in [-0.25, -0.2) is 5.43 Å². The van der Waals surface area contributed by atoms with Gasteiger partial charge in [0, 0.05) is 0 Å². The van der Waals surface area contributed by atoms with Gasteiger partial charge in [0.1, 0.15) is 11.5 Å². The molecule has 0 saturated heterocycles. The Morgan fingerprint density at radius 2 is 1.89 bits per heavy atom. The number of hydrogen-bond donors (Lipinski definition) is 1. The first-order valence-corrected chi connectivity index (χ1v) is 8.45. The van der Waals surface area contributed by atoms with Gasteiger partial charge in [0.25, 0.3) is 5.91 Å². The number of benzene rings is 2. The van der Waals surface area contributed by atoms with Gasteiger partial charge in [-0.1, -0.05) is 31.5 Å². The smallest absolute Gasteiger partial charge is 0.387 e. The molecule has 0 aromatic heterocycles. The Kier molecular flexibility index (Phi) is 7.28. The number of alkyl halides is 2. The van der Waals surface area contributed by atoms with Crippen LogP contribution >= 0.6 is 0 Å². The second-order valence-electron chi connectivity index (χ2n) is 6.23. The molecule has 2 rings (SSSR count). The minimum Gasteiger partial charge on any atom is -0.483 e. The van der Waals surface area contributed by atoms with Crippen molar-refractivity contribution in [3.63, 3.8) is 0 Å². The number of halogens is 2. The number of carbonyl (C=O) groups excluding carboxylic acids is 1. The fraction of sp³-hybridized carbons (Fsp3) is 0.300. The molecule has 0 unspecified atom stereocenters. The Morgan fingerprint density at radius 3 is 2.52 bits per heavy atom. The minimum absolute atomic E-state index is 0.0543. The van der Waals surface area contributed by atoms with Crippen molar-refractivity contribution >= 4 is 12.1 Å². The number of ether oxygens (including phenoxy) is 2. The van der Waals surface area contributed by atoms with Crippen molar-refractivity contribution in [2.45, 2.75) is 33.3 Å². The number of rotatable bonds is 8. The number of nitrogens with one attached hydrogen (secondary N) is 1. The molecule has 0 fully saturated rings. The van der Waals surface area contributed by atoms with E-state index in [4.69, 9.17) is 4.74 Å². The largest absolute Gasteiger partial charge is 0.483 e. The average Bonchev–Trinajstić information content (AvgIpc) is 2.61. The van der Waals surface area contributed by atoms with E-state index < -0.39 is 12.5 Å². The van der Waals surface area contributed by atoms with Crippen molar-refractivity contribution in [3.05, 3.63) is 59.2 Å². The third kappa shape index (κ3) is 6.69. The van der Waals surface area contributed by atoms with Crippen LogP contribution in [0, 0.1) is 6.92 Å². The zero-order valence-electron chi connectivity index (χ0n) is 15.4. The van der Waals surface area contributed by atoms with Crippen molar-refractivity contribution < 1.29 is 23.0 Å².